The van der Waals surface area contributed by atoms with Gasteiger partial charge in [-0.2, -0.15) is 0 Å². The molecule has 6 unspecified atom stereocenters. The minimum atomic E-state index is -0.392. The van der Waals surface area contributed by atoms with Crippen molar-refractivity contribution in [3.05, 3.63) is 36.1 Å². The molecular weight excluding hydrogens is 290 g/mol. The van der Waals surface area contributed by atoms with Gasteiger partial charge in [0.15, 0.2) is 5.72 Å². The second-order valence-electron chi connectivity index (χ2n) is 7.46. The van der Waals surface area contributed by atoms with Crippen molar-refractivity contribution in [2.75, 3.05) is 13.1 Å². The normalized spacial score (nSPS) is 43.6. The zero-order chi connectivity index (χ0) is 15.0. The molecule has 1 aromatic carbocycles. The summed E-state index contributed by atoms with van der Waals surface area (Å²) < 4.78 is 6.23. The van der Waals surface area contributed by atoms with Crippen LogP contribution < -0.4 is 5.48 Å². The molecule has 4 bridgehead atoms. The molecule has 1 saturated carbocycles. The molecule has 1 aromatic heterocycles. The second kappa shape index (κ2) is 4.16. The molecule has 2 aromatic rings. The maximum Gasteiger partial charge on any atom is 0.195 e. The number of hydroxylamine groups is 1. The molecule has 0 radical (unpaired) electrons. The van der Waals surface area contributed by atoms with Gasteiger partial charge in [0.1, 0.15) is 17.7 Å². The van der Waals surface area contributed by atoms with E-state index in [1.165, 1.54) is 24.8 Å². The first-order chi connectivity index (χ1) is 11.3. The van der Waals surface area contributed by atoms with Crippen molar-refractivity contribution in [3.8, 4) is 0 Å². The Labute approximate surface area is 134 Å². The predicted molar refractivity (Wildman–Crippen MR) is 85.7 cm³/mol. The molecule has 23 heavy (non-hydrogen) atoms. The van der Waals surface area contributed by atoms with E-state index >= 15 is 0 Å². The van der Waals surface area contributed by atoms with Gasteiger partial charge in [0, 0.05) is 30.3 Å². The number of rotatable bonds is 1. The minimum absolute atomic E-state index is 0.271. The van der Waals surface area contributed by atoms with Gasteiger partial charge in [0.05, 0.1) is 6.04 Å². The van der Waals surface area contributed by atoms with E-state index in [1.54, 1.807) is 6.34 Å². The number of hydrogen-bond acceptors (Lipinski definition) is 5. The standard InChI is InChI=1S/C18H19N3O2/c1-2-4-15-12(3-1)7-16(22-15)17-14-6-11-5-13(9-21(17)8-11)18(14)19-10-20-23-18/h1-4,7,10-11,13-14,17H,5-6,8-9H2,(H,19,20). The number of benzene rings is 1. The monoisotopic (exact) mass is 309 g/mol. The van der Waals surface area contributed by atoms with Crippen molar-refractivity contribution in [2.45, 2.75) is 24.6 Å². The van der Waals surface area contributed by atoms with Crippen LogP contribution in [0, 0.1) is 17.8 Å². The van der Waals surface area contributed by atoms with Gasteiger partial charge in [-0.1, -0.05) is 18.2 Å². The average Bonchev–Trinajstić information content (AvgIpc) is 3.20. The highest BCUT2D eigenvalue weighted by molar-refractivity contribution is 5.77. The fourth-order valence-corrected chi connectivity index (χ4v) is 5.54. The average molecular weight is 309 g/mol. The fourth-order valence-electron chi connectivity index (χ4n) is 5.54. The van der Waals surface area contributed by atoms with Crippen LogP contribution in [-0.4, -0.2) is 30.1 Å². The summed E-state index contributed by atoms with van der Waals surface area (Å²) in [7, 11) is 0. The number of para-hydroxylation sites is 1. The van der Waals surface area contributed by atoms with E-state index in [-0.39, 0.29) is 6.04 Å². The second-order valence-corrected chi connectivity index (χ2v) is 7.46. The van der Waals surface area contributed by atoms with E-state index in [4.69, 9.17) is 14.2 Å². The quantitative estimate of drug-likeness (QED) is 0.880. The summed E-state index contributed by atoms with van der Waals surface area (Å²) >= 11 is 0. The number of fused-ring (bicyclic) bond motifs is 1. The summed E-state index contributed by atoms with van der Waals surface area (Å²) in [5, 5.41) is 1.18. The summed E-state index contributed by atoms with van der Waals surface area (Å²) in [4.78, 5) is 13.4. The Balaban J connectivity index is 1.49. The van der Waals surface area contributed by atoms with Crippen molar-refractivity contribution in [2.24, 2.45) is 22.7 Å². The Morgan fingerprint density at radius 3 is 3.04 bits per heavy atom. The van der Waals surface area contributed by atoms with Gasteiger partial charge >= 0.3 is 0 Å². The molecule has 3 saturated heterocycles. The van der Waals surface area contributed by atoms with Crippen LogP contribution in [-0.2, 0) is 4.84 Å². The summed E-state index contributed by atoms with van der Waals surface area (Å²) in [5.74, 6) is 2.71. The van der Waals surface area contributed by atoms with Crippen molar-refractivity contribution in [3.63, 3.8) is 0 Å². The molecule has 7 rings (SSSR count). The Kier molecular flexibility index (Phi) is 2.27. The molecule has 5 heteroatoms. The maximum atomic E-state index is 6.23. The lowest BCUT2D eigenvalue weighted by molar-refractivity contribution is -0.236. The Hall–Kier alpha value is -1.85. The zero-order valence-corrected chi connectivity index (χ0v) is 12.8. The molecule has 5 nitrogen and oxygen atoms in total. The van der Waals surface area contributed by atoms with Crippen molar-refractivity contribution in [1.29, 1.82) is 0 Å². The Morgan fingerprint density at radius 2 is 2.17 bits per heavy atom. The third-order valence-corrected chi connectivity index (χ3v) is 6.32. The van der Waals surface area contributed by atoms with Crippen molar-refractivity contribution in [1.82, 2.24) is 10.4 Å². The predicted octanol–water partition coefficient (Wildman–Crippen LogP) is 2.70. The van der Waals surface area contributed by atoms with Crippen molar-refractivity contribution >= 4 is 17.3 Å². The third-order valence-electron chi connectivity index (χ3n) is 6.32. The number of nitrogens with one attached hydrogen (secondary N) is 1. The molecule has 1 aliphatic carbocycles. The van der Waals surface area contributed by atoms with Crippen LogP contribution in [0.4, 0.5) is 0 Å². The highest BCUT2D eigenvalue weighted by Gasteiger charge is 2.64. The lowest BCUT2D eigenvalue weighted by atomic mass is 9.59. The van der Waals surface area contributed by atoms with Crippen LogP contribution in [0.15, 0.2) is 39.7 Å². The van der Waals surface area contributed by atoms with Crippen LogP contribution >= 0.6 is 0 Å². The maximum absolute atomic E-state index is 6.23. The van der Waals surface area contributed by atoms with Gasteiger partial charge in [0.25, 0.3) is 0 Å². The van der Waals surface area contributed by atoms with Gasteiger partial charge in [0.2, 0.25) is 0 Å². The van der Waals surface area contributed by atoms with Crippen LogP contribution in [0.25, 0.3) is 11.0 Å². The number of furan rings is 1. The van der Waals surface area contributed by atoms with Crippen LogP contribution in [0.5, 0.6) is 0 Å². The fraction of sp³-hybridized carbons (Fsp3) is 0.500. The molecule has 6 atom stereocenters. The first-order valence-electron chi connectivity index (χ1n) is 8.53. The SMILES string of the molecule is C1=NC2(ON1)C1CC3CC2C(c2cc4ccccc4o2)N(C3)C1. The van der Waals surface area contributed by atoms with Gasteiger partial charge in [-0.05, 0) is 30.9 Å². The summed E-state index contributed by atoms with van der Waals surface area (Å²) in [6.45, 7) is 2.23. The molecule has 1 N–H and O–H groups in total. The number of nitrogens with zero attached hydrogens (tertiary/aromatic N) is 2. The Morgan fingerprint density at radius 1 is 1.22 bits per heavy atom. The summed E-state index contributed by atoms with van der Waals surface area (Å²) in [5.41, 5.74) is 3.48. The molecule has 0 amide bonds. The molecule has 5 aliphatic rings. The van der Waals surface area contributed by atoms with Gasteiger partial charge in [-0.25, -0.2) is 9.83 Å². The van der Waals surface area contributed by atoms with Gasteiger partial charge in [-0.15, -0.1) is 0 Å². The van der Waals surface area contributed by atoms with E-state index in [0.717, 1.165) is 23.8 Å². The highest BCUT2D eigenvalue weighted by atomic mass is 16.7. The van der Waals surface area contributed by atoms with E-state index in [1.807, 2.05) is 12.1 Å². The molecule has 118 valence electrons. The highest BCUT2D eigenvalue weighted by Crippen LogP contribution is 2.59. The topological polar surface area (TPSA) is 50.0 Å². The van der Waals surface area contributed by atoms with E-state index in [0.29, 0.717) is 11.8 Å². The van der Waals surface area contributed by atoms with E-state index in [9.17, 15) is 0 Å². The molecule has 4 aliphatic heterocycles. The first kappa shape index (κ1) is 12.6. The van der Waals surface area contributed by atoms with Gasteiger partial charge < -0.3 is 4.42 Å². The third kappa shape index (κ3) is 1.52. The lowest BCUT2D eigenvalue weighted by Gasteiger charge is -2.61. The van der Waals surface area contributed by atoms with E-state index < -0.39 is 5.72 Å². The number of piperidine rings is 3. The minimum Gasteiger partial charge on any atom is -0.459 e. The zero-order valence-electron chi connectivity index (χ0n) is 12.8. The lowest BCUT2D eigenvalue weighted by Crippen LogP contribution is -2.67. The van der Waals surface area contributed by atoms with Crippen molar-refractivity contribution < 1.29 is 9.25 Å². The molecule has 4 fully saturated rings. The molecule has 1 spiro atoms. The largest absolute Gasteiger partial charge is 0.459 e. The van der Waals surface area contributed by atoms with Crippen LogP contribution in [0.2, 0.25) is 0 Å². The van der Waals surface area contributed by atoms with Crippen LogP contribution in [0.1, 0.15) is 24.6 Å². The number of aliphatic imine (C=N–C) groups is 1. The molecule has 5 heterocycles. The van der Waals surface area contributed by atoms with Crippen LogP contribution in [0.3, 0.4) is 0 Å². The molecular formula is C18H19N3O2. The first-order valence-corrected chi connectivity index (χ1v) is 8.53. The number of hydrogen-bond donors (Lipinski definition) is 1. The van der Waals surface area contributed by atoms with Gasteiger partial charge in [-0.3, -0.25) is 10.4 Å². The summed E-state index contributed by atoms with van der Waals surface area (Å²) in [6.07, 6.45) is 4.14. The van der Waals surface area contributed by atoms with E-state index in [2.05, 4.69) is 28.6 Å². The smallest absolute Gasteiger partial charge is 0.195 e. The Bertz CT molecular complexity index is 782. The summed E-state index contributed by atoms with van der Waals surface area (Å²) in [6, 6.07) is 10.7.